The first-order valence-corrected chi connectivity index (χ1v) is 8.25. The number of hydrogen-bond acceptors (Lipinski definition) is 2. The molecule has 0 saturated heterocycles. The van der Waals surface area contributed by atoms with Gasteiger partial charge in [0.25, 0.3) is 0 Å². The molecule has 0 aromatic carbocycles. The van der Waals surface area contributed by atoms with E-state index in [9.17, 15) is 0 Å². The average Bonchev–Trinajstić information content (AvgIpc) is 2.80. The van der Waals surface area contributed by atoms with E-state index in [-0.39, 0.29) is 0 Å². The fraction of sp³-hybridized carbons (Fsp3) is 1.00. The van der Waals surface area contributed by atoms with Gasteiger partial charge < -0.3 is 10.6 Å². The number of hydrogen-bond donors (Lipinski definition) is 1. The molecule has 0 spiro atoms. The Kier molecular flexibility index (Phi) is 5.97. The molecule has 2 aliphatic carbocycles. The summed E-state index contributed by atoms with van der Waals surface area (Å²) in [6.07, 6.45) is 15.6. The maximum Gasteiger partial charge on any atom is 0.0135 e. The van der Waals surface area contributed by atoms with Gasteiger partial charge in [-0.25, -0.2) is 0 Å². The summed E-state index contributed by atoms with van der Waals surface area (Å²) in [6.45, 7) is 0.891. The van der Waals surface area contributed by atoms with Crippen LogP contribution in [-0.4, -0.2) is 30.6 Å². The van der Waals surface area contributed by atoms with Crippen molar-refractivity contribution in [2.45, 2.75) is 82.7 Å². The van der Waals surface area contributed by atoms with Gasteiger partial charge in [0.15, 0.2) is 0 Å². The molecule has 0 heterocycles. The van der Waals surface area contributed by atoms with Gasteiger partial charge in [0.1, 0.15) is 0 Å². The van der Waals surface area contributed by atoms with Crippen LogP contribution in [0.1, 0.15) is 70.6 Å². The average molecular weight is 252 g/mol. The second kappa shape index (κ2) is 7.49. The van der Waals surface area contributed by atoms with E-state index in [2.05, 4.69) is 11.9 Å². The molecule has 0 aromatic rings. The Hall–Kier alpha value is -0.0800. The monoisotopic (exact) mass is 252 g/mol. The Morgan fingerprint density at radius 3 is 2.06 bits per heavy atom. The van der Waals surface area contributed by atoms with Gasteiger partial charge in [-0.2, -0.15) is 0 Å². The first-order chi connectivity index (χ1) is 8.83. The summed E-state index contributed by atoms with van der Waals surface area (Å²) in [6, 6.07) is 1.60. The molecule has 0 aliphatic heterocycles. The van der Waals surface area contributed by atoms with E-state index in [1.54, 1.807) is 0 Å². The molecule has 2 saturated carbocycles. The predicted molar refractivity (Wildman–Crippen MR) is 78.7 cm³/mol. The van der Waals surface area contributed by atoms with E-state index in [1.165, 1.54) is 70.6 Å². The van der Waals surface area contributed by atoms with Crippen molar-refractivity contribution in [2.24, 2.45) is 11.7 Å². The molecule has 2 nitrogen and oxygen atoms in total. The number of rotatable bonds is 3. The summed E-state index contributed by atoms with van der Waals surface area (Å²) in [5.41, 5.74) is 6.03. The van der Waals surface area contributed by atoms with E-state index in [1.807, 2.05) is 0 Å². The normalized spacial score (nSPS) is 32.2. The largest absolute Gasteiger partial charge is 0.330 e. The Morgan fingerprint density at radius 1 is 0.833 bits per heavy atom. The van der Waals surface area contributed by atoms with Crippen molar-refractivity contribution >= 4 is 0 Å². The van der Waals surface area contributed by atoms with Gasteiger partial charge >= 0.3 is 0 Å². The molecule has 0 amide bonds. The maximum absolute atomic E-state index is 6.03. The van der Waals surface area contributed by atoms with Crippen molar-refractivity contribution in [3.8, 4) is 0 Å². The van der Waals surface area contributed by atoms with E-state index < -0.39 is 0 Å². The van der Waals surface area contributed by atoms with Crippen LogP contribution in [0.3, 0.4) is 0 Å². The summed E-state index contributed by atoms with van der Waals surface area (Å²) in [7, 11) is 2.38. The molecule has 2 unspecified atom stereocenters. The minimum Gasteiger partial charge on any atom is -0.330 e. The summed E-state index contributed by atoms with van der Waals surface area (Å²) < 4.78 is 0. The van der Waals surface area contributed by atoms with Gasteiger partial charge in [0.05, 0.1) is 0 Å². The molecule has 18 heavy (non-hydrogen) atoms. The van der Waals surface area contributed by atoms with E-state index in [0.717, 1.165) is 24.5 Å². The zero-order chi connectivity index (χ0) is 12.8. The van der Waals surface area contributed by atoms with Crippen LogP contribution in [0.25, 0.3) is 0 Å². The molecule has 2 N–H and O–H groups in total. The SMILES string of the molecule is CN(C1CCCCCC1)C1CCCCCC1CN. The van der Waals surface area contributed by atoms with Gasteiger partial charge in [0, 0.05) is 12.1 Å². The molecule has 2 heteroatoms. The highest BCUT2D eigenvalue weighted by Crippen LogP contribution is 2.30. The summed E-state index contributed by atoms with van der Waals surface area (Å²) >= 11 is 0. The minimum absolute atomic E-state index is 0.751. The Morgan fingerprint density at radius 2 is 1.39 bits per heavy atom. The van der Waals surface area contributed by atoms with Crippen molar-refractivity contribution in [3.05, 3.63) is 0 Å². The zero-order valence-electron chi connectivity index (χ0n) is 12.2. The highest BCUT2D eigenvalue weighted by Gasteiger charge is 2.30. The third-order valence-corrected chi connectivity index (χ3v) is 5.35. The Bertz CT molecular complexity index is 221. The molecule has 2 atom stereocenters. The Labute approximate surface area is 113 Å². The minimum atomic E-state index is 0.751. The van der Waals surface area contributed by atoms with E-state index >= 15 is 0 Å². The predicted octanol–water partition coefficient (Wildman–Crippen LogP) is 3.55. The molecule has 0 radical (unpaired) electrons. The van der Waals surface area contributed by atoms with Gasteiger partial charge in [-0.15, -0.1) is 0 Å². The molecular weight excluding hydrogens is 220 g/mol. The highest BCUT2D eigenvalue weighted by atomic mass is 15.2. The van der Waals surface area contributed by atoms with Crippen molar-refractivity contribution in [3.63, 3.8) is 0 Å². The van der Waals surface area contributed by atoms with Crippen LogP contribution in [0.2, 0.25) is 0 Å². The topological polar surface area (TPSA) is 29.3 Å². The van der Waals surface area contributed by atoms with Gasteiger partial charge in [-0.05, 0) is 45.2 Å². The van der Waals surface area contributed by atoms with E-state index in [0.29, 0.717) is 0 Å². The van der Waals surface area contributed by atoms with Crippen LogP contribution in [-0.2, 0) is 0 Å². The summed E-state index contributed by atoms with van der Waals surface area (Å²) in [5, 5.41) is 0. The number of nitrogens with zero attached hydrogens (tertiary/aromatic N) is 1. The fourth-order valence-electron chi connectivity index (χ4n) is 4.11. The summed E-state index contributed by atoms with van der Waals surface area (Å²) in [5.74, 6) is 0.751. The second-order valence-corrected chi connectivity index (χ2v) is 6.51. The molecule has 0 aromatic heterocycles. The maximum atomic E-state index is 6.03. The van der Waals surface area contributed by atoms with Crippen LogP contribution in [0.5, 0.6) is 0 Å². The van der Waals surface area contributed by atoms with Gasteiger partial charge in [-0.1, -0.05) is 44.9 Å². The van der Waals surface area contributed by atoms with Crippen molar-refractivity contribution < 1.29 is 0 Å². The third-order valence-electron chi connectivity index (χ3n) is 5.35. The molecule has 2 rings (SSSR count). The van der Waals surface area contributed by atoms with Crippen molar-refractivity contribution in [1.29, 1.82) is 0 Å². The fourth-order valence-corrected chi connectivity index (χ4v) is 4.11. The molecule has 106 valence electrons. The lowest BCUT2D eigenvalue weighted by Gasteiger charge is -2.38. The first kappa shape index (κ1) is 14.3. The lowest BCUT2D eigenvalue weighted by molar-refractivity contribution is 0.108. The number of nitrogens with two attached hydrogens (primary N) is 1. The van der Waals surface area contributed by atoms with Crippen LogP contribution < -0.4 is 5.73 Å². The van der Waals surface area contributed by atoms with Crippen molar-refractivity contribution in [1.82, 2.24) is 4.90 Å². The van der Waals surface area contributed by atoms with Gasteiger partial charge in [0.2, 0.25) is 0 Å². The van der Waals surface area contributed by atoms with E-state index in [4.69, 9.17) is 5.73 Å². The van der Waals surface area contributed by atoms with Crippen LogP contribution in [0.15, 0.2) is 0 Å². The molecule has 2 aliphatic rings. The zero-order valence-corrected chi connectivity index (χ0v) is 12.2. The summed E-state index contributed by atoms with van der Waals surface area (Å²) in [4.78, 5) is 2.73. The van der Waals surface area contributed by atoms with Crippen LogP contribution in [0.4, 0.5) is 0 Å². The second-order valence-electron chi connectivity index (χ2n) is 6.51. The Balaban J connectivity index is 1.96. The van der Waals surface area contributed by atoms with Crippen LogP contribution >= 0.6 is 0 Å². The smallest absolute Gasteiger partial charge is 0.0135 e. The van der Waals surface area contributed by atoms with Gasteiger partial charge in [-0.3, -0.25) is 0 Å². The lowest BCUT2D eigenvalue weighted by atomic mass is 9.91. The van der Waals surface area contributed by atoms with Crippen LogP contribution in [0, 0.1) is 5.92 Å². The molecule has 2 fully saturated rings. The molecule has 0 bridgehead atoms. The van der Waals surface area contributed by atoms with Crippen molar-refractivity contribution in [2.75, 3.05) is 13.6 Å². The standard InChI is InChI=1S/C16H32N2/c1-18(15-10-6-2-3-7-11-15)16-12-8-4-5-9-14(16)13-17/h14-16H,2-13,17H2,1H3. The lowest BCUT2D eigenvalue weighted by Crippen LogP contribution is -2.45. The first-order valence-electron chi connectivity index (χ1n) is 8.25. The third kappa shape index (κ3) is 3.71. The quantitative estimate of drug-likeness (QED) is 0.778. The molecular formula is C16H32N2. The highest BCUT2D eigenvalue weighted by molar-refractivity contribution is 4.85.